The summed E-state index contributed by atoms with van der Waals surface area (Å²) in [7, 11) is 1.85. The van der Waals surface area contributed by atoms with Crippen molar-refractivity contribution in [3.8, 4) is 0 Å². The highest BCUT2D eigenvalue weighted by Crippen LogP contribution is 2.19. The van der Waals surface area contributed by atoms with Crippen LogP contribution in [0.2, 0.25) is 0 Å². The first-order valence-electron chi connectivity index (χ1n) is 5.86. The summed E-state index contributed by atoms with van der Waals surface area (Å²) < 4.78 is 0. The van der Waals surface area contributed by atoms with Crippen molar-refractivity contribution in [1.29, 1.82) is 0 Å². The predicted octanol–water partition coefficient (Wildman–Crippen LogP) is 0.842. The lowest BCUT2D eigenvalue weighted by molar-refractivity contribution is -0.129. The number of amides is 1. The molecule has 1 aliphatic heterocycles. The molecular formula is C12H18N4O. The first-order chi connectivity index (χ1) is 8.08. The summed E-state index contributed by atoms with van der Waals surface area (Å²) in [5, 5.41) is 0. The molecule has 0 aromatic carbocycles. The fraction of sp³-hybridized carbons (Fsp3) is 0.583. The number of hydrogen-bond donors (Lipinski definition) is 0. The first kappa shape index (κ1) is 11.8. The Labute approximate surface area is 101 Å². The van der Waals surface area contributed by atoms with Crippen LogP contribution in [-0.4, -0.2) is 47.0 Å². The van der Waals surface area contributed by atoms with Gasteiger partial charge in [-0.3, -0.25) is 4.79 Å². The lowest BCUT2D eigenvalue weighted by Crippen LogP contribution is -2.37. The number of likely N-dealkylation sites (N-methyl/N-ethyl adjacent to an activating group) is 1. The number of carbonyl (C=O) groups is 1. The molecule has 2 rings (SSSR count). The van der Waals surface area contributed by atoms with Crippen LogP contribution in [0.1, 0.15) is 19.0 Å². The monoisotopic (exact) mass is 234 g/mol. The molecule has 1 aromatic heterocycles. The van der Waals surface area contributed by atoms with Crippen LogP contribution in [-0.2, 0) is 4.79 Å². The van der Waals surface area contributed by atoms with Crippen LogP contribution < -0.4 is 4.90 Å². The molecule has 0 aliphatic carbocycles. The number of anilines is 1. The molecule has 1 aromatic rings. The molecule has 0 N–H and O–H groups in total. The van der Waals surface area contributed by atoms with Crippen molar-refractivity contribution in [2.45, 2.75) is 26.3 Å². The second kappa shape index (κ2) is 4.69. The third kappa shape index (κ3) is 2.54. The average Bonchev–Trinajstić information content (AvgIpc) is 2.77. The van der Waals surface area contributed by atoms with E-state index in [1.54, 1.807) is 18.0 Å². The fourth-order valence-electron chi connectivity index (χ4n) is 2.08. The minimum Gasteiger partial charge on any atom is -0.341 e. The maximum atomic E-state index is 11.3. The third-order valence-electron chi connectivity index (χ3n) is 3.27. The SMILES string of the molecule is CC(=O)N(C)C1CCN(c2nccc(C)n2)C1. The molecule has 5 heteroatoms. The number of nitrogens with zero attached hydrogens (tertiary/aromatic N) is 4. The predicted molar refractivity (Wildman–Crippen MR) is 65.8 cm³/mol. The van der Waals surface area contributed by atoms with Crippen LogP contribution in [0.15, 0.2) is 12.3 Å². The Balaban J connectivity index is 2.05. The Kier molecular flexibility index (Phi) is 3.26. The molecule has 0 bridgehead atoms. The highest BCUT2D eigenvalue weighted by molar-refractivity contribution is 5.73. The van der Waals surface area contributed by atoms with Gasteiger partial charge in [0.2, 0.25) is 11.9 Å². The molecule has 1 atom stereocenters. The van der Waals surface area contributed by atoms with E-state index in [0.29, 0.717) is 0 Å². The largest absolute Gasteiger partial charge is 0.341 e. The average molecular weight is 234 g/mol. The second-order valence-electron chi connectivity index (χ2n) is 4.52. The van der Waals surface area contributed by atoms with Crippen LogP contribution in [0.5, 0.6) is 0 Å². The molecule has 2 heterocycles. The molecule has 1 aliphatic rings. The van der Waals surface area contributed by atoms with E-state index in [4.69, 9.17) is 0 Å². The van der Waals surface area contributed by atoms with Gasteiger partial charge in [0, 0.05) is 39.0 Å². The molecule has 1 saturated heterocycles. The van der Waals surface area contributed by atoms with Crippen LogP contribution in [0, 0.1) is 6.92 Å². The Morgan fingerprint density at radius 1 is 1.59 bits per heavy atom. The first-order valence-corrected chi connectivity index (χ1v) is 5.86. The van der Waals surface area contributed by atoms with Gasteiger partial charge in [0.1, 0.15) is 0 Å². The molecule has 1 fully saturated rings. The van der Waals surface area contributed by atoms with Crippen molar-refractivity contribution < 1.29 is 4.79 Å². The van der Waals surface area contributed by atoms with Crippen molar-refractivity contribution in [3.05, 3.63) is 18.0 Å². The molecule has 5 nitrogen and oxygen atoms in total. The lowest BCUT2D eigenvalue weighted by atomic mass is 10.2. The van der Waals surface area contributed by atoms with Crippen molar-refractivity contribution >= 4 is 11.9 Å². The molecule has 1 amide bonds. The quantitative estimate of drug-likeness (QED) is 0.761. The van der Waals surface area contributed by atoms with Crippen molar-refractivity contribution in [3.63, 3.8) is 0 Å². The molecule has 0 saturated carbocycles. The molecule has 1 unspecified atom stereocenters. The molecule has 0 spiro atoms. The standard InChI is InChI=1S/C12H18N4O/c1-9-4-6-13-12(14-9)16-7-5-11(8-16)15(3)10(2)17/h4,6,11H,5,7-8H2,1-3H3. The van der Waals surface area contributed by atoms with E-state index in [1.807, 2.05) is 20.0 Å². The van der Waals surface area contributed by atoms with Gasteiger partial charge < -0.3 is 9.80 Å². The molecule has 92 valence electrons. The van der Waals surface area contributed by atoms with Gasteiger partial charge in [0.25, 0.3) is 0 Å². The highest BCUT2D eigenvalue weighted by atomic mass is 16.2. The van der Waals surface area contributed by atoms with Gasteiger partial charge in [-0.15, -0.1) is 0 Å². The summed E-state index contributed by atoms with van der Waals surface area (Å²) in [6.45, 7) is 5.29. The van der Waals surface area contributed by atoms with Gasteiger partial charge in [0.05, 0.1) is 6.04 Å². The van der Waals surface area contributed by atoms with E-state index >= 15 is 0 Å². The van der Waals surface area contributed by atoms with E-state index in [9.17, 15) is 4.79 Å². The molecule has 17 heavy (non-hydrogen) atoms. The van der Waals surface area contributed by atoms with E-state index < -0.39 is 0 Å². The van der Waals surface area contributed by atoms with Gasteiger partial charge in [-0.25, -0.2) is 9.97 Å². The van der Waals surface area contributed by atoms with Crippen molar-refractivity contribution in [2.75, 3.05) is 25.0 Å². The summed E-state index contributed by atoms with van der Waals surface area (Å²) in [5.41, 5.74) is 0.971. The summed E-state index contributed by atoms with van der Waals surface area (Å²) in [6, 6.07) is 2.16. The van der Waals surface area contributed by atoms with Gasteiger partial charge in [-0.05, 0) is 19.4 Å². The lowest BCUT2D eigenvalue weighted by Gasteiger charge is -2.23. The van der Waals surface area contributed by atoms with Crippen LogP contribution in [0.25, 0.3) is 0 Å². The number of aromatic nitrogens is 2. The minimum absolute atomic E-state index is 0.113. The van der Waals surface area contributed by atoms with Crippen LogP contribution in [0.4, 0.5) is 5.95 Å². The highest BCUT2D eigenvalue weighted by Gasteiger charge is 2.28. The summed E-state index contributed by atoms with van der Waals surface area (Å²) in [4.78, 5) is 23.9. The van der Waals surface area contributed by atoms with Crippen LogP contribution in [0.3, 0.4) is 0 Å². The zero-order valence-electron chi connectivity index (χ0n) is 10.6. The Hall–Kier alpha value is -1.65. The van der Waals surface area contributed by atoms with E-state index in [1.165, 1.54) is 0 Å². The molecular weight excluding hydrogens is 216 g/mol. The number of hydrogen-bond acceptors (Lipinski definition) is 4. The fourth-order valence-corrected chi connectivity index (χ4v) is 2.08. The zero-order chi connectivity index (χ0) is 12.4. The summed E-state index contributed by atoms with van der Waals surface area (Å²) in [6.07, 6.45) is 2.76. The van der Waals surface area contributed by atoms with Gasteiger partial charge in [0.15, 0.2) is 0 Å². The zero-order valence-corrected chi connectivity index (χ0v) is 10.6. The van der Waals surface area contributed by atoms with E-state index in [2.05, 4.69) is 14.9 Å². The number of aryl methyl sites for hydroxylation is 1. The van der Waals surface area contributed by atoms with Gasteiger partial charge >= 0.3 is 0 Å². The van der Waals surface area contributed by atoms with Crippen molar-refractivity contribution in [1.82, 2.24) is 14.9 Å². The van der Waals surface area contributed by atoms with E-state index in [0.717, 1.165) is 31.2 Å². The van der Waals surface area contributed by atoms with Gasteiger partial charge in [-0.1, -0.05) is 0 Å². The van der Waals surface area contributed by atoms with Crippen molar-refractivity contribution in [2.24, 2.45) is 0 Å². The molecule has 0 radical (unpaired) electrons. The maximum absolute atomic E-state index is 11.3. The second-order valence-corrected chi connectivity index (χ2v) is 4.52. The van der Waals surface area contributed by atoms with Gasteiger partial charge in [-0.2, -0.15) is 0 Å². The number of carbonyl (C=O) groups excluding carboxylic acids is 1. The Bertz CT molecular complexity index is 421. The smallest absolute Gasteiger partial charge is 0.225 e. The number of rotatable bonds is 2. The third-order valence-corrected chi connectivity index (χ3v) is 3.27. The topological polar surface area (TPSA) is 49.3 Å². The van der Waals surface area contributed by atoms with E-state index in [-0.39, 0.29) is 11.9 Å². The minimum atomic E-state index is 0.113. The van der Waals surface area contributed by atoms with Crippen LogP contribution >= 0.6 is 0 Å². The summed E-state index contributed by atoms with van der Waals surface area (Å²) in [5.74, 6) is 0.881. The normalized spacial score (nSPS) is 19.5. The maximum Gasteiger partial charge on any atom is 0.225 e. The summed E-state index contributed by atoms with van der Waals surface area (Å²) >= 11 is 0. The Morgan fingerprint density at radius 3 is 3.00 bits per heavy atom. The Morgan fingerprint density at radius 2 is 2.35 bits per heavy atom.